The van der Waals surface area contributed by atoms with Crippen LogP contribution in [-0.2, 0) is 0 Å². The van der Waals surface area contributed by atoms with Gasteiger partial charge in [0.25, 0.3) is 0 Å². The van der Waals surface area contributed by atoms with Crippen molar-refractivity contribution < 1.29 is 0 Å². The molecule has 2 aliphatic carbocycles. The summed E-state index contributed by atoms with van der Waals surface area (Å²) in [5.41, 5.74) is 24.7. The Hall–Kier alpha value is -0.160. The Morgan fingerprint density at radius 1 is 0.737 bits per heavy atom. The second kappa shape index (κ2) is 6.53. The van der Waals surface area contributed by atoms with Gasteiger partial charge in [-0.05, 0) is 76.2 Å². The summed E-state index contributed by atoms with van der Waals surface area (Å²) in [6.45, 7) is 0.696. The SMILES string of the molecule is NCCC(N)(C1CCC(N)CC1)C1CCC(N)CC1. The Morgan fingerprint density at radius 2 is 1.11 bits per heavy atom. The molecule has 4 nitrogen and oxygen atoms in total. The molecule has 8 N–H and O–H groups in total. The summed E-state index contributed by atoms with van der Waals surface area (Å²) < 4.78 is 0. The minimum atomic E-state index is -0.0744. The molecular formula is C15H32N4. The lowest BCUT2D eigenvalue weighted by Crippen LogP contribution is -2.57. The van der Waals surface area contributed by atoms with E-state index in [4.69, 9.17) is 22.9 Å². The highest BCUT2D eigenvalue weighted by Gasteiger charge is 2.43. The Labute approximate surface area is 117 Å². The van der Waals surface area contributed by atoms with Crippen molar-refractivity contribution in [3.05, 3.63) is 0 Å². The zero-order chi connectivity index (χ0) is 13.9. The van der Waals surface area contributed by atoms with E-state index in [1.54, 1.807) is 0 Å². The largest absolute Gasteiger partial charge is 0.330 e. The van der Waals surface area contributed by atoms with E-state index >= 15 is 0 Å². The van der Waals surface area contributed by atoms with Gasteiger partial charge in [0, 0.05) is 17.6 Å². The van der Waals surface area contributed by atoms with Crippen LogP contribution in [0.1, 0.15) is 57.8 Å². The third-order valence-electron chi connectivity index (χ3n) is 5.64. The molecule has 112 valence electrons. The predicted molar refractivity (Wildman–Crippen MR) is 80.5 cm³/mol. The van der Waals surface area contributed by atoms with E-state index < -0.39 is 0 Å². The summed E-state index contributed by atoms with van der Waals surface area (Å²) in [6, 6.07) is 0.774. The third-order valence-corrected chi connectivity index (χ3v) is 5.64. The number of nitrogens with two attached hydrogens (primary N) is 4. The molecule has 0 aromatic rings. The first-order valence-corrected chi connectivity index (χ1v) is 8.06. The molecule has 2 aliphatic rings. The van der Waals surface area contributed by atoms with Gasteiger partial charge in [0.05, 0.1) is 0 Å². The molecular weight excluding hydrogens is 236 g/mol. The smallest absolute Gasteiger partial charge is 0.0223 e. The quantitative estimate of drug-likeness (QED) is 0.612. The normalized spacial score (nSPS) is 39.8. The van der Waals surface area contributed by atoms with Crippen molar-refractivity contribution in [2.75, 3.05) is 6.54 Å². The summed E-state index contributed by atoms with van der Waals surface area (Å²) in [5.74, 6) is 1.21. The summed E-state index contributed by atoms with van der Waals surface area (Å²) in [5, 5.41) is 0. The van der Waals surface area contributed by atoms with E-state index in [0.717, 1.165) is 32.1 Å². The van der Waals surface area contributed by atoms with Crippen molar-refractivity contribution >= 4 is 0 Å². The second-order valence-electron chi connectivity index (χ2n) is 6.87. The van der Waals surface area contributed by atoms with Crippen LogP contribution < -0.4 is 22.9 Å². The molecule has 2 fully saturated rings. The van der Waals surface area contributed by atoms with E-state index in [1.165, 1.54) is 25.7 Å². The number of hydrogen-bond acceptors (Lipinski definition) is 4. The van der Waals surface area contributed by atoms with Crippen molar-refractivity contribution in [2.24, 2.45) is 34.8 Å². The topological polar surface area (TPSA) is 104 Å². The standard InChI is InChI=1S/C15H32N4/c16-10-9-15(19,11-1-5-13(17)6-2-11)12-3-7-14(18)8-4-12/h11-14H,1-10,16-19H2. The lowest BCUT2D eigenvalue weighted by molar-refractivity contribution is 0.0912. The van der Waals surface area contributed by atoms with Crippen molar-refractivity contribution in [2.45, 2.75) is 75.4 Å². The fourth-order valence-electron chi connectivity index (χ4n) is 4.30. The monoisotopic (exact) mass is 268 g/mol. The Bertz CT molecular complexity index is 243. The minimum absolute atomic E-state index is 0.0744. The van der Waals surface area contributed by atoms with Gasteiger partial charge in [0.15, 0.2) is 0 Å². The first-order chi connectivity index (χ1) is 9.06. The molecule has 0 spiro atoms. The fraction of sp³-hybridized carbons (Fsp3) is 1.00. The third kappa shape index (κ3) is 3.48. The molecule has 0 aromatic heterocycles. The van der Waals surface area contributed by atoms with Gasteiger partial charge in [-0.25, -0.2) is 0 Å². The van der Waals surface area contributed by atoms with Gasteiger partial charge in [0.2, 0.25) is 0 Å². The molecule has 0 heterocycles. The predicted octanol–water partition coefficient (Wildman–Crippen LogP) is 1.07. The Morgan fingerprint density at radius 3 is 1.42 bits per heavy atom. The highest BCUT2D eigenvalue weighted by atomic mass is 14.8. The number of hydrogen-bond donors (Lipinski definition) is 4. The second-order valence-corrected chi connectivity index (χ2v) is 6.87. The molecule has 4 heteroatoms. The van der Waals surface area contributed by atoms with Crippen molar-refractivity contribution in [1.29, 1.82) is 0 Å². The van der Waals surface area contributed by atoms with Crippen LogP contribution >= 0.6 is 0 Å². The van der Waals surface area contributed by atoms with Crippen LogP contribution in [0.25, 0.3) is 0 Å². The van der Waals surface area contributed by atoms with Gasteiger partial charge in [0.1, 0.15) is 0 Å². The molecule has 0 radical (unpaired) electrons. The highest BCUT2D eigenvalue weighted by Crippen LogP contribution is 2.42. The average Bonchev–Trinajstić information content (AvgIpc) is 2.40. The summed E-state index contributed by atoms with van der Waals surface area (Å²) >= 11 is 0. The van der Waals surface area contributed by atoms with Crippen molar-refractivity contribution in [3.63, 3.8) is 0 Å². The van der Waals surface area contributed by atoms with Gasteiger partial charge in [-0.2, -0.15) is 0 Å². The van der Waals surface area contributed by atoms with Crippen molar-refractivity contribution in [3.8, 4) is 0 Å². The van der Waals surface area contributed by atoms with E-state index in [2.05, 4.69) is 0 Å². The molecule has 0 atom stereocenters. The van der Waals surface area contributed by atoms with Crippen LogP contribution in [-0.4, -0.2) is 24.2 Å². The van der Waals surface area contributed by atoms with Crippen LogP contribution in [0.5, 0.6) is 0 Å². The Balaban J connectivity index is 2.03. The minimum Gasteiger partial charge on any atom is -0.330 e. The van der Waals surface area contributed by atoms with E-state index in [-0.39, 0.29) is 5.54 Å². The molecule has 2 saturated carbocycles. The van der Waals surface area contributed by atoms with Gasteiger partial charge in [-0.15, -0.1) is 0 Å². The molecule has 0 bridgehead atoms. The summed E-state index contributed by atoms with van der Waals surface area (Å²) in [6.07, 6.45) is 10.2. The van der Waals surface area contributed by atoms with Crippen LogP contribution in [0.2, 0.25) is 0 Å². The summed E-state index contributed by atoms with van der Waals surface area (Å²) in [4.78, 5) is 0. The molecule has 0 saturated heterocycles. The van der Waals surface area contributed by atoms with Crippen LogP contribution in [0, 0.1) is 11.8 Å². The van der Waals surface area contributed by atoms with Crippen LogP contribution in [0.15, 0.2) is 0 Å². The Kier molecular flexibility index (Phi) is 5.23. The first-order valence-electron chi connectivity index (χ1n) is 8.06. The average molecular weight is 268 g/mol. The fourth-order valence-corrected chi connectivity index (χ4v) is 4.30. The molecule has 0 aliphatic heterocycles. The zero-order valence-electron chi connectivity index (χ0n) is 12.2. The van der Waals surface area contributed by atoms with Crippen LogP contribution in [0.3, 0.4) is 0 Å². The zero-order valence-corrected chi connectivity index (χ0v) is 12.2. The molecule has 0 unspecified atom stereocenters. The number of rotatable bonds is 4. The lowest BCUT2D eigenvalue weighted by atomic mass is 9.62. The lowest BCUT2D eigenvalue weighted by Gasteiger charge is -2.48. The van der Waals surface area contributed by atoms with E-state index in [9.17, 15) is 0 Å². The van der Waals surface area contributed by atoms with E-state index in [1.807, 2.05) is 0 Å². The van der Waals surface area contributed by atoms with Gasteiger partial charge < -0.3 is 22.9 Å². The molecule has 0 amide bonds. The van der Waals surface area contributed by atoms with Crippen LogP contribution in [0.4, 0.5) is 0 Å². The molecule has 2 rings (SSSR count). The highest BCUT2D eigenvalue weighted by molar-refractivity contribution is 5.00. The van der Waals surface area contributed by atoms with Gasteiger partial charge >= 0.3 is 0 Å². The maximum atomic E-state index is 6.89. The molecule has 19 heavy (non-hydrogen) atoms. The summed E-state index contributed by atoms with van der Waals surface area (Å²) in [7, 11) is 0. The van der Waals surface area contributed by atoms with Gasteiger partial charge in [-0.3, -0.25) is 0 Å². The first kappa shape index (κ1) is 15.2. The maximum absolute atomic E-state index is 6.89. The van der Waals surface area contributed by atoms with Crippen molar-refractivity contribution in [1.82, 2.24) is 0 Å². The maximum Gasteiger partial charge on any atom is 0.0223 e. The van der Waals surface area contributed by atoms with E-state index in [0.29, 0.717) is 30.5 Å². The molecule has 0 aromatic carbocycles. The van der Waals surface area contributed by atoms with Gasteiger partial charge in [-0.1, -0.05) is 0 Å².